The van der Waals surface area contributed by atoms with Crippen molar-refractivity contribution < 1.29 is 4.79 Å². The highest BCUT2D eigenvalue weighted by molar-refractivity contribution is 6.30. The van der Waals surface area contributed by atoms with Gasteiger partial charge in [0.2, 0.25) is 0 Å². The molecule has 0 saturated carbocycles. The number of anilines is 2. The SMILES string of the molecule is N=CC(C(=N)c1cccc(NC(=O)Nc2cccc(Cl)c2)c1)c1ccncc1. The van der Waals surface area contributed by atoms with Crippen molar-refractivity contribution in [2.45, 2.75) is 5.92 Å². The first-order chi connectivity index (χ1) is 13.6. The summed E-state index contributed by atoms with van der Waals surface area (Å²) in [7, 11) is 0. The molecule has 1 atom stereocenters. The van der Waals surface area contributed by atoms with E-state index in [4.69, 9.17) is 22.4 Å². The average Bonchev–Trinajstić information content (AvgIpc) is 2.69. The highest BCUT2D eigenvalue weighted by Gasteiger charge is 2.16. The molecule has 0 saturated heterocycles. The van der Waals surface area contributed by atoms with E-state index in [1.165, 1.54) is 6.21 Å². The summed E-state index contributed by atoms with van der Waals surface area (Å²) in [6.45, 7) is 0. The van der Waals surface area contributed by atoms with E-state index in [1.807, 2.05) is 0 Å². The Balaban J connectivity index is 1.73. The van der Waals surface area contributed by atoms with Gasteiger partial charge in [0.15, 0.2) is 0 Å². The third-order valence-corrected chi connectivity index (χ3v) is 4.29. The molecule has 7 heteroatoms. The fourth-order valence-corrected chi connectivity index (χ4v) is 2.91. The van der Waals surface area contributed by atoms with Crippen LogP contribution in [0.2, 0.25) is 5.02 Å². The van der Waals surface area contributed by atoms with E-state index in [2.05, 4.69) is 15.6 Å². The van der Waals surface area contributed by atoms with E-state index in [0.717, 1.165) is 5.56 Å². The molecule has 6 nitrogen and oxygen atoms in total. The van der Waals surface area contributed by atoms with Gasteiger partial charge >= 0.3 is 6.03 Å². The molecule has 0 aliphatic rings. The van der Waals surface area contributed by atoms with Gasteiger partial charge in [-0.25, -0.2) is 4.79 Å². The Kier molecular flexibility index (Phi) is 6.14. The number of carbonyl (C=O) groups is 1. The molecule has 4 N–H and O–H groups in total. The van der Waals surface area contributed by atoms with Crippen LogP contribution in [0.4, 0.5) is 16.2 Å². The number of rotatable bonds is 6. The van der Waals surface area contributed by atoms with Crippen LogP contribution in [0.15, 0.2) is 73.1 Å². The van der Waals surface area contributed by atoms with Gasteiger partial charge in [0.1, 0.15) is 0 Å². The lowest BCUT2D eigenvalue weighted by Crippen LogP contribution is -2.20. The maximum atomic E-state index is 12.2. The molecular weight excluding hydrogens is 374 g/mol. The highest BCUT2D eigenvalue weighted by Crippen LogP contribution is 2.21. The molecule has 0 bridgehead atoms. The zero-order valence-corrected chi connectivity index (χ0v) is 15.6. The van der Waals surface area contributed by atoms with E-state index in [9.17, 15) is 4.79 Å². The summed E-state index contributed by atoms with van der Waals surface area (Å²) in [6, 6.07) is 17.0. The second kappa shape index (κ2) is 8.92. The van der Waals surface area contributed by atoms with Crippen LogP contribution in [0.3, 0.4) is 0 Å². The van der Waals surface area contributed by atoms with Crippen LogP contribution in [0.5, 0.6) is 0 Å². The van der Waals surface area contributed by atoms with E-state index >= 15 is 0 Å². The summed E-state index contributed by atoms with van der Waals surface area (Å²) in [4.78, 5) is 16.2. The Labute approximate surface area is 167 Å². The van der Waals surface area contributed by atoms with Crippen LogP contribution < -0.4 is 10.6 Å². The van der Waals surface area contributed by atoms with Crippen LogP contribution in [-0.2, 0) is 0 Å². The molecule has 0 aliphatic heterocycles. The van der Waals surface area contributed by atoms with Crippen molar-refractivity contribution in [1.82, 2.24) is 4.98 Å². The van der Waals surface area contributed by atoms with Crippen molar-refractivity contribution in [3.63, 3.8) is 0 Å². The van der Waals surface area contributed by atoms with Crippen molar-refractivity contribution in [2.75, 3.05) is 10.6 Å². The van der Waals surface area contributed by atoms with Gasteiger partial charge < -0.3 is 21.5 Å². The summed E-state index contributed by atoms with van der Waals surface area (Å²) in [5.74, 6) is -0.487. The van der Waals surface area contributed by atoms with Gasteiger partial charge in [-0.05, 0) is 53.6 Å². The lowest BCUT2D eigenvalue weighted by Gasteiger charge is -2.15. The first kappa shape index (κ1) is 19.3. The molecular formula is C21H18ClN5O. The van der Waals surface area contributed by atoms with E-state index < -0.39 is 11.9 Å². The molecule has 2 amide bonds. The van der Waals surface area contributed by atoms with Crippen molar-refractivity contribution in [1.29, 1.82) is 10.8 Å². The minimum atomic E-state index is -0.487. The monoisotopic (exact) mass is 391 g/mol. The summed E-state index contributed by atoms with van der Waals surface area (Å²) in [6.07, 6.45) is 4.50. The number of hydrogen-bond acceptors (Lipinski definition) is 4. The molecule has 140 valence electrons. The summed E-state index contributed by atoms with van der Waals surface area (Å²) in [5.41, 5.74) is 2.81. The van der Waals surface area contributed by atoms with Crippen molar-refractivity contribution >= 4 is 40.9 Å². The van der Waals surface area contributed by atoms with Gasteiger partial charge in [0, 0.05) is 35.0 Å². The van der Waals surface area contributed by atoms with E-state index in [-0.39, 0.29) is 5.71 Å². The van der Waals surface area contributed by atoms with Crippen molar-refractivity contribution in [3.8, 4) is 0 Å². The summed E-state index contributed by atoms with van der Waals surface area (Å²) >= 11 is 5.92. The standard InChI is InChI=1S/C21H18ClN5O/c22-16-4-2-6-18(12-16)27-21(28)26-17-5-1-3-15(11-17)20(24)19(13-23)14-7-9-25-10-8-14/h1-13,19,23-24H,(H2,26,27,28). The van der Waals surface area contributed by atoms with Crippen molar-refractivity contribution in [3.05, 3.63) is 89.2 Å². The Hall–Kier alpha value is -3.51. The number of pyridine rings is 1. The molecule has 0 radical (unpaired) electrons. The van der Waals surface area contributed by atoms with Gasteiger partial charge in [-0.1, -0.05) is 29.8 Å². The molecule has 3 aromatic rings. The summed E-state index contributed by atoms with van der Waals surface area (Å²) in [5, 5.41) is 22.2. The number of aromatic nitrogens is 1. The predicted octanol–water partition coefficient (Wildman–Crippen LogP) is 5.18. The van der Waals surface area contributed by atoms with Crippen LogP contribution in [0.25, 0.3) is 0 Å². The van der Waals surface area contributed by atoms with Gasteiger partial charge in [0.25, 0.3) is 0 Å². The fourth-order valence-electron chi connectivity index (χ4n) is 2.72. The van der Waals surface area contributed by atoms with Gasteiger partial charge in [0.05, 0.1) is 11.6 Å². The molecule has 3 rings (SSSR count). The molecule has 1 aromatic heterocycles. The number of urea groups is 1. The van der Waals surface area contributed by atoms with Gasteiger partial charge in [-0.15, -0.1) is 0 Å². The third-order valence-electron chi connectivity index (χ3n) is 4.06. The maximum Gasteiger partial charge on any atom is 0.323 e. The zero-order valence-electron chi connectivity index (χ0n) is 14.8. The van der Waals surface area contributed by atoms with E-state index in [1.54, 1.807) is 73.1 Å². The van der Waals surface area contributed by atoms with Gasteiger partial charge in [-0.3, -0.25) is 4.98 Å². The molecule has 2 aromatic carbocycles. The van der Waals surface area contributed by atoms with Gasteiger partial charge in [-0.2, -0.15) is 0 Å². The second-order valence-corrected chi connectivity index (χ2v) is 6.45. The number of hydrogen-bond donors (Lipinski definition) is 4. The number of amides is 2. The number of nitrogens with one attached hydrogen (secondary N) is 4. The molecule has 0 fully saturated rings. The Morgan fingerprint density at radius 2 is 1.64 bits per heavy atom. The van der Waals surface area contributed by atoms with Crippen LogP contribution in [-0.4, -0.2) is 22.9 Å². The smallest absolute Gasteiger partial charge is 0.312 e. The normalized spacial score (nSPS) is 11.3. The Bertz CT molecular complexity index is 1010. The second-order valence-electron chi connectivity index (χ2n) is 6.01. The number of nitrogens with zero attached hydrogens (tertiary/aromatic N) is 1. The predicted molar refractivity (Wildman–Crippen MR) is 113 cm³/mol. The highest BCUT2D eigenvalue weighted by atomic mass is 35.5. The minimum absolute atomic E-state index is 0.264. The maximum absolute atomic E-state index is 12.2. The van der Waals surface area contributed by atoms with Crippen LogP contribution >= 0.6 is 11.6 Å². The summed E-state index contributed by atoms with van der Waals surface area (Å²) < 4.78 is 0. The molecule has 28 heavy (non-hydrogen) atoms. The first-order valence-electron chi connectivity index (χ1n) is 8.50. The number of benzene rings is 2. The molecule has 1 heterocycles. The van der Waals surface area contributed by atoms with Crippen LogP contribution in [0.1, 0.15) is 17.0 Å². The van der Waals surface area contributed by atoms with Crippen LogP contribution in [0, 0.1) is 10.8 Å². The lowest BCUT2D eigenvalue weighted by molar-refractivity contribution is 0.262. The number of carbonyl (C=O) groups excluding carboxylic acids is 1. The zero-order chi connectivity index (χ0) is 19.9. The van der Waals surface area contributed by atoms with E-state index in [0.29, 0.717) is 22.0 Å². The Morgan fingerprint density at radius 3 is 2.29 bits per heavy atom. The fraction of sp³-hybridized carbons (Fsp3) is 0.0476. The number of halogens is 1. The lowest BCUT2D eigenvalue weighted by atomic mass is 9.91. The quantitative estimate of drug-likeness (QED) is 0.435. The molecule has 0 spiro atoms. The topological polar surface area (TPSA) is 102 Å². The Morgan fingerprint density at radius 1 is 1.00 bits per heavy atom. The minimum Gasteiger partial charge on any atom is -0.312 e. The largest absolute Gasteiger partial charge is 0.323 e. The van der Waals surface area contributed by atoms with Crippen molar-refractivity contribution in [2.24, 2.45) is 0 Å². The first-order valence-corrected chi connectivity index (χ1v) is 8.87. The third kappa shape index (κ3) is 4.81. The average molecular weight is 392 g/mol. The molecule has 1 unspecified atom stereocenters. The molecule has 0 aliphatic carbocycles.